The predicted octanol–water partition coefficient (Wildman–Crippen LogP) is 1.49. The molecule has 0 spiro atoms. The second-order valence-electron chi connectivity index (χ2n) is 5.46. The summed E-state index contributed by atoms with van der Waals surface area (Å²) in [6, 6.07) is 5.92. The third-order valence-corrected chi connectivity index (χ3v) is 3.61. The molecule has 1 aliphatic heterocycles. The minimum Gasteiger partial charge on any atom is -0.486 e. The number of nitrogens with one attached hydrogen (secondary N) is 1. The van der Waals surface area contributed by atoms with Gasteiger partial charge in [-0.25, -0.2) is 0 Å². The Morgan fingerprint density at radius 1 is 1.33 bits per heavy atom. The molecule has 1 heterocycles. The number of hydrogen-bond donors (Lipinski definition) is 2. The summed E-state index contributed by atoms with van der Waals surface area (Å²) in [5.41, 5.74) is 6.67. The van der Waals surface area contributed by atoms with Crippen molar-refractivity contribution in [3.8, 4) is 11.5 Å². The lowest BCUT2D eigenvalue weighted by atomic mass is 10.1. The summed E-state index contributed by atoms with van der Waals surface area (Å²) >= 11 is 0. The van der Waals surface area contributed by atoms with Crippen LogP contribution in [0.25, 0.3) is 0 Å². The molecule has 0 fully saturated rings. The van der Waals surface area contributed by atoms with Crippen molar-refractivity contribution in [1.82, 2.24) is 5.32 Å². The van der Waals surface area contributed by atoms with Crippen molar-refractivity contribution in [1.29, 1.82) is 0 Å². The Morgan fingerprint density at radius 2 is 2.10 bits per heavy atom. The quantitative estimate of drug-likeness (QED) is 0.798. The van der Waals surface area contributed by atoms with Crippen LogP contribution in [0.1, 0.15) is 25.3 Å². The summed E-state index contributed by atoms with van der Waals surface area (Å²) in [6.07, 6.45) is 2.17. The normalized spacial score (nSPS) is 14.6. The molecule has 1 atom stereocenters. The van der Waals surface area contributed by atoms with Gasteiger partial charge in [0.25, 0.3) is 0 Å². The zero-order valence-electron chi connectivity index (χ0n) is 12.6. The van der Waals surface area contributed by atoms with Gasteiger partial charge in [-0.15, -0.1) is 0 Å². The molecule has 5 heteroatoms. The molecular formula is C16H24N2O3. The standard InChI is InChI=1S/C16H24N2O3/c1-12(11-17)2-5-16(19)18-7-6-13-3-4-14-15(10-13)21-9-8-20-14/h3-4,10,12H,2,5-9,11,17H2,1H3,(H,18,19). The smallest absolute Gasteiger partial charge is 0.220 e. The number of nitrogens with two attached hydrogens (primary N) is 1. The average molecular weight is 292 g/mol. The van der Waals surface area contributed by atoms with Crippen LogP contribution in [0.4, 0.5) is 0 Å². The molecule has 1 aromatic rings. The molecule has 1 aliphatic rings. The van der Waals surface area contributed by atoms with E-state index in [-0.39, 0.29) is 5.91 Å². The highest BCUT2D eigenvalue weighted by molar-refractivity contribution is 5.75. The van der Waals surface area contributed by atoms with Crippen molar-refractivity contribution in [3.05, 3.63) is 23.8 Å². The van der Waals surface area contributed by atoms with E-state index < -0.39 is 0 Å². The van der Waals surface area contributed by atoms with E-state index in [1.165, 1.54) is 0 Å². The lowest BCUT2D eigenvalue weighted by molar-refractivity contribution is -0.121. The van der Waals surface area contributed by atoms with Gasteiger partial charge in [0.05, 0.1) is 0 Å². The van der Waals surface area contributed by atoms with Gasteiger partial charge in [-0.2, -0.15) is 0 Å². The molecule has 2 rings (SSSR count). The van der Waals surface area contributed by atoms with Crippen LogP contribution < -0.4 is 20.5 Å². The molecule has 116 valence electrons. The first-order chi connectivity index (χ1) is 10.2. The van der Waals surface area contributed by atoms with Crippen molar-refractivity contribution in [2.24, 2.45) is 11.7 Å². The van der Waals surface area contributed by atoms with Crippen molar-refractivity contribution in [2.45, 2.75) is 26.2 Å². The van der Waals surface area contributed by atoms with Crippen LogP contribution in [0.2, 0.25) is 0 Å². The zero-order valence-corrected chi connectivity index (χ0v) is 12.6. The summed E-state index contributed by atoms with van der Waals surface area (Å²) in [5.74, 6) is 2.08. The van der Waals surface area contributed by atoms with Crippen molar-refractivity contribution >= 4 is 5.91 Å². The Kier molecular flexibility index (Phi) is 5.87. The minimum absolute atomic E-state index is 0.0906. The monoisotopic (exact) mass is 292 g/mol. The number of hydrogen-bond acceptors (Lipinski definition) is 4. The van der Waals surface area contributed by atoms with E-state index in [4.69, 9.17) is 15.2 Å². The van der Waals surface area contributed by atoms with Gasteiger partial charge >= 0.3 is 0 Å². The highest BCUT2D eigenvalue weighted by atomic mass is 16.6. The number of ether oxygens (including phenoxy) is 2. The van der Waals surface area contributed by atoms with Crippen LogP contribution in [0.15, 0.2) is 18.2 Å². The molecule has 3 N–H and O–H groups in total. The fraction of sp³-hybridized carbons (Fsp3) is 0.562. The molecule has 0 bridgehead atoms. The predicted molar refractivity (Wildman–Crippen MR) is 81.6 cm³/mol. The van der Waals surface area contributed by atoms with E-state index in [2.05, 4.69) is 12.2 Å². The number of carbonyl (C=O) groups excluding carboxylic acids is 1. The molecule has 0 aromatic heterocycles. The minimum atomic E-state index is 0.0906. The first-order valence-corrected chi connectivity index (χ1v) is 7.54. The maximum Gasteiger partial charge on any atom is 0.220 e. The Morgan fingerprint density at radius 3 is 2.86 bits per heavy atom. The average Bonchev–Trinajstić information content (AvgIpc) is 2.52. The van der Waals surface area contributed by atoms with Gasteiger partial charge in [0.15, 0.2) is 11.5 Å². The fourth-order valence-electron chi connectivity index (χ4n) is 2.17. The molecule has 1 amide bonds. The first kappa shape index (κ1) is 15.6. The number of fused-ring (bicyclic) bond motifs is 1. The van der Waals surface area contributed by atoms with E-state index in [0.29, 0.717) is 38.6 Å². The molecule has 0 radical (unpaired) electrons. The van der Waals surface area contributed by atoms with Crippen molar-refractivity contribution in [3.63, 3.8) is 0 Å². The number of benzene rings is 1. The van der Waals surface area contributed by atoms with E-state index in [1.54, 1.807) is 0 Å². The maximum atomic E-state index is 11.7. The van der Waals surface area contributed by atoms with E-state index in [0.717, 1.165) is 29.9 Å². The van der Waals surface area contributed by atoms with Gasteiger partial charge in [-0.1, -0.05) is 13.0 Å². The summed E-state index contributed by atoms with van der Waals surface area (Å²) in [5, 5.41) is 2.94. The molecule has 0 aliphatic carbocycles. The molecule has 1 unspecified atom stereocenters. The third kappa shape index (κ3) is 4.93. The Labute approximate surface area is 125 Å². The van der Waals surface area contributed by atoms with Gasteiger partial charge in [0.1, 0.15) is 13.2 Å². The van der Waals surface area contributed by atoms with Crippen LogP contribution in [0.3, 0.4) is 0 Å². The maximum absolute atomic E-state index is 11.7. The second-order valence-corrected chi connectivity index (χ2v) is 5.46. The molecule has 1 aromatic carbocycles. The summed E-state index contributed by atoms with van der Waals surface area (Å²) in [6.45, 7) is 4.51. The third-order valence-electron chi connectivity index (χ3n) is 3.61. The largest absolute Gasteiger partial charge is 0.486 e. The molecule has 0 saturated heterocycles. The molecule has 0 saturated carbocycles. The summed E-state index contributed by atoms with van der Waals surface area (Å²) in [4.78, 5) is 11.7. The first-order valence-electron chi connectivity index (χ1n) is 7.54. The fourth-order valence-corrected chi connectivity index (χ4v) is 2.17. The number of amides is 1. The van der Waals surface area contributed by atoms with Gasteiger partial charge in [-0.3, -0.25) is 4.79 Å². The summed E-state index contributed by atoms with van der Waals surface area (Å²) in [7, 11) is 0. The molecular weight excluding hydrogens is 268 g/mol. The Hall–Kier alpha value is -1.75. The zero-order chi connectivity index (χ0) is 15.1. The van der Waals surface area contributed by atoms with Crippen LogP contribution in [0.5, 0.6) is 11.5 Å². The molecule has 21 heavy (non-hydrogen) atoms. The van der Waals surface area contributed by atoms with Crippen LogP contribution in [-0.4, -0.2) is 32.2 Å². The highest BCUT2D eigenvalue weighted by Gasteiger charge is 2.11. The van der Waals surface area contributed by atoms with Crippen molar-refractivity contribution < 1.29 is 14.3 Å². The van der Waals surface area contributed by atoms with Crippen LogP contribution in [-0.2, 0) is 11.2 Å². The van der Waals surface area contributed by atoms with Crippen LogP contribution >= 0.6 is 0 Å². The van der Waals surface area contributed by atoms with Gasteiger partial charge < -0.3 is 20.5 Å². The van der Waals surface area contributed by atoms with E-state index in [9.17, 15) is 4.79 Å². The van der Waals surface area contributed by atoms with Crippen LogP contribution in [0, 0.1) is 5.92 Å². The summed E-state index contributed by atoms with van der Waals surface area (Å²) < 4.78 is 11.0. The van der Waals surface area contributed by atoms with E-state index >= 15 is 0 Å². The Bertz CT molecular complexity index is 477. The Balaban J connectivity index is 1.72. The van der Waals surface area contributed by atoms with E-state index in [1.807, 2.05) is 18.2 Å². The number of carbonyl (C=O) groups is 1. The van der Waals surface area contributed by atoms with Gasteiger partial charge in [0, 0.05) is 13.0 Å². The lowest BCUT2D eigenvalue weighted by Gasteiger charge is -2.18. The van der Waals surface area contributed by atoms with Gasteiger partial charge in [0.2, 0.25) is 5.91 Å². The molecule has 5 nitrogen and oxygen atoms in total. The topological polar surface area (TPSA) is 73.6 Å². The number of rotatable bonds is 7. The lowest BCUT2D eigenvalue weighted by Crippen LogP contribution is -2.26. The SMILES string of the molecule is CC(CN)CCC(=O)NCCc1ccc2c(c1)OCCO2. The highest BCUT2D eigenvalue weighted by Crippen LogP contribution is 2.30. The van der Waals surface area contributed by atoms with Crippen molar-refractivity contribution in [2.75, 3.05) is 26.3 Å². The van der Waals surface area contributed by atoms with Gasteiger partial charge in [-0.05, 0) is 43.0 Å². The second kappa shape index (κ2) is 7.88.